The summed E-state index contributed by atoms with van der Waals surface area (Å²) in [7, 11) is 0. The van der Waals surface area contributed by atoms with E-state index in [1.807, 2.05) is 45.2 Å². The van der Waals surface area contributed by atoms with Crippen molar-refractivity contribution < 1.29 is 19.1 Å². The number of rotatable bonds is 17. The number of hydrogen-bond donors (Lipinski definition) is 2. The number of nitrogens with one attached hydrogen (secondary N) is 2. The van der Waals surface area contributed by atoms with Crippen LogP contribution in [0.15, 0.2) is 18.2 Å². The summed E-state index contributed by atoms with van der Waals surface area (Å²) >= 11 is 1.61. The first-order valence-electron chi connectivity index (χ1n) is 15.0. The fourth-order valence-corrected chi connectivity index (χ4v) is 5.20. The van der Waals surface area contributed by atoms with Gasteiger partial charge in [0.05, 0.1) is 0 Å². The number of amides is 3. The number of hydrogen-bond acceptors (Lipinski definition) is 5. The number of alkyl carbamates (subject to hydrolysis) is 1. The van der Waals surface area contributed by atoms with E-state index in [0.717, 1.165) is 61.6 Å². The van der Waals surface area contributed by atoms with Gasteiger partial charge in [0.25, 0.3) is 0 Å². The summed E-state index contributed by atoms with van der Waals surface area (Å²) in [4.78, 5) is 42.9. The second-order valence-corrected chi connectivity index (χ2v) is 12.9. The monoisotopic (exact) mass is 577 g/mol. The van der Waals surface area contributed by atoms with Gasteiger partial charge in [-0.1, -0.05) is 69.7 Å². The predicted octanol–water partition coefficient (Wildman–Crippen LogP) is 7.09. The number of ether oxygens (including phenoxy) is 1. The third-order valence-electron chi connectivity index (χ3n) is 6.79. The molecule has 7 nitrogen and oxygen atoms in total. The molecule has 0 aliphatic rings. The van der Waals surface area contributed by atoms with Gasteiger partial charge in [-0.3, -0.25) is 9.59 Å². The lowest BCUT2D eigenvalue weighted by Crippen LogP contribution is -2.54. The van der Waals surface area contributed by atoms with E-state index in [0.29, 0.717) is 18.7 Å². The average Bonchev–Trinajstić information content (AvgIpc) is 2.86. The molecule has 0 aromatic heterocycles. The third kappa shape index (κ3) is 13.0. The van der Waals surface area contributed by atoms with Crippen LogP contribution in [-0.4, -0.2) is 59.0 Å². The van der Waals surface area contributed by atoms with E-state index in [1.54, 1.807) is 37.4 Å². The van der Waals surface area contributed by atoms with Crippen molar-refractivity contribution >= 4 is 29.7 Å². The zero-order valence-corrected chi connectivity index (χ0v) is 27.3. The van der Waals surface area contributed by atoms with Gasteiger partial charge in [0.1, 0.15) is 17.7 Å². The number of carbonyl (C=O) groups is 3. The van der Waals surface area contributed by atoms with E-state index in [-0.39, 0.29) is 17.9 Å². The molecular weight excluding hydrogens is 522 g/mol. The fourth-order valence-electron chi connectivity index (χ4n) is 4.73. The number of nitrogens with zero attached hydrogens (tertiary/aromatic N) is 1. The molecule has 0 aliphatic carbocycles. The standard InChI is InChI=1S/C32H55N3O4S/c1-10-12-13-14-15-20-35(30(37)27(19-21-40-9)34-31(38)39-32(6,7)8)28(29(36)33-25(5)16-11-2)26-22-23(3)17-18-24(26)4/h17-18,22,25,27-28H,10-16,19-21H2,1-9H3,(H,33,36)(H,34,38). The molecule has 8 heteroatoms. The summed E-state index contributed by atoms with van der Waals surface area (Å²) in [5.74, 6) is 0.252. The van der Waals surface area contributed by atoms with Crippen molar-refractivity contribution in [2.45, 2.75) is 130 Å². The predicted molar refractivity (Wildman–Crippen MR) is 168 cm³/mol. The minimum Gasteiger partial charge on any atom is -0.444 e. The van der Waals surface area contributed by atoms with Crippen molar-refractivity contribution in [2.24, 2.45) is 0 Å². The van der Waals surface area contributed by atoms with E-state index in [4.69, 9.17) is 4.74 Å². The SMILES string of the molecule is CCCCCCCN(C(=O)C(CCSC)NC(=O)OC(C)(C)C)C(C(=O)NC(C)CCC)c1cc(C)ccc1C. The highest BCUT2D eigenvalue weighted by Crippen LogP contribution is 2.28. The van der Waals surface area contributed by atoms with Gasteiger partial charge in [-0.2, -0.15) is 11.8 Å². The summed E-state index contributed by atoms with van der Waals surface area (Å²) in [6.07, 6.45) is 8.70. The van der Waals surface area contributed by atoms with Crippen LogP contribution in [0, 0.1) is 13.8 Å². The van der Waals surface area contributed by atoms with Gasteiger partial charge >= 0.3 is 6.09 Å². The Labute approximate surface area is 248 Å². The van der Waals surface area contributed by atoms with Gasteiger partial charge in [-0.05, 0) is 83.9 Å². The first-order valence-corrected chi connectivity index (χ1v) is 16.4. The lowest BCUT2D eigenvalue weighted by Gasteiger charge is -2.36. The number of benzene rings is 1. The maximum Gasteiger partial charge on any atom is 0.408 e. The zero-order chi connectivity index (χ0) is 30.3. The number of aryl methyl sites for hydroxylation is 2. The minimum atomic E-state index is -0.800. The summed E-state index contributed by atoms with van der Waals surface area (Å²) in [5.41, 5.74) is 2.12. The molecule has 40 heavy (non-hydrogen) atoms. The van der Waals surface area contributed by atoms with Crippen molar-refractivity contribution in [1.29, 1.82) is 0 Å². The van der Waals surface area contributed by atoms with Crippen molar-refractivity contribution in [3.8, 4) is 0 Å². The summed E-state index contributed by atoms with van der Waals surface area (Å²) in [6, 6.07) is 4.43. The molecular formula is C32H55N3O4S. The Balaban J connectivity index is 3.55. The largest absolute Gasteiger partial charge is 0.444 e. The van der Waals surface area contributed by atoms with Gasteiger partial charge in [0.2, 0.25) is 11.8 Å². The highest BCUT2D eigenvalue weighted by molar-refractivity contribution is 7.98. The lowest BCUT2D eigenvalue weighted by atomic mass is 9.95. The molecule has 3 amide bonds. The third-order valence-corrected chi connectivity index (χ3v) is 7.43. The van der Waals surface area contributed by atoms with E-state index in [9.17, 15) is 14.4 Å². The molecule has 0 saturated carbocycles. The van der Waals surface area contributed by atoms with Crippen LogP contribution in [-0.2, 0) is 14.3 Å². The van der Waals surface area contributed by atoms with E-state index >= 15 is 0 Å². The Morgan fingerprint density at radius 3 is 2.25 bits per heavy atom. The Kier molecular flexibility index (Phi) is 16.3. The second kappa shape index (κ2) is 18.3. The molecule has 0 heterocycles. The fraction of sp³-hybridized carbons (Fsp3) is 0.719. The van der Waals surface area contributed by atoms with Crippen LogP contribution in [0.1, 0.15) is 116 Å². The smallest absolute Gasteiger partial charge is 0.408 e. The van der Waals surface area contributed by atoms with Gasteiger partial charge in [0.15, 0.2) is 0 Å². The van der Waals surface area contributed by atoms with Crippen LogP contribution in [0.2, 0.25) is 0 Å². The zero-order valence-electron chi connectivity index (χ0n) is 26.5. The average molecular weight is 578 g/mol. The first-order chi connectivity index (χ1) is 18.8. The number of thioether (sulfide) groups is 1. The Hall–Kier alpha value is -2.22. The van der Waals surface area contributed by atoms with Gasteiger partial charge in [-0.15, -0.1) is 0 Å². The molecule has 1 aromatic carbocycles. The summed E-state index contributed by atoms with van der Waals surface area (Å²) in [6.45, 7) is 16.1. The molecule has 0 radical (unpaired) electrons. The number of carbonyl (C=O) groups excluding carboxylic acids is 3. The van der Waals surface area contributed by atoms with Gasteiger partial charge in [-0.25, -0.2) is 4.79 Å². The summed E-state index contributed by atoms with van der Waals surface area (Å²) < 4.78 is 5.50. The molecule has 1 aromatic rings. The molecule has 228 valence electrons. The molecule has 3 unspecified atom stereocenters. The van der Waals surface area contributed by atoms with Gasteiger partial charge < -0.3 is 20.3 Å². The molecule has 0 bridgehead atoms. The quantitative estimate of drug-likeness (QED) is 0.193. The van der Waals surface area contributed by atoms with Crippen molar-refractivity contribution in [3.63, 3.8) is 0 Å². The Morgan fingerprint density at radius 1 is 0.975 bits per heavy atom. The molecule has 0 saturated heterocycles. The lowest BCUT2D eigenvalue weighted by molar-refractivity contribution is -0.143. The topological polar surface area (TPSA) is 87.7 Å². The Bertz CT molecular complexity index is 931. The normalized spacial score (nSPS) is 13.7. The highest BCUT2D eigenvalue weighted by atomic mass is 32.2. The maximum atomic E-state index is 14.4. The molecule has 1 rings (SSSR count). The van der Waals surface area contributed by atoms with Crippen LogP contribution in [0.3, 0.4) is 0 Å². The molecule has 2 N–H and O–H groups in total. The van der Waals surface area contributed by atoms with E-state index < -0.39 is 23.8 Å². The van der Waals surface area contributed by atoms with Crippen LogP contribution < -0.4 is 10.6 Å². The molecule has 0 spiro atoms. The van der Waals surface area contributed by atoms with Gasteiger partial charge in [0, 0.05) is 12.6 Å². The summed E-state index contributed by atoms with van der Waals surface area (Å²) in [5, 5.41) is 6.01. The minimum absolute atomic E-state index is 0.0150. The first kappa shape index (κ1) is 35.8. The van der Waals surface area contributed by atoms with Crippen molar-refractivity contribution in [3.05, 3.63) is 34.9 Å². The maximum absolute atomic E-state index is 14.4. The molecule has 0 aliphatic heterocycles. The van der Waals surface area contributed by atoms with Crippen molar-refractivity contribution in [1.82, 2.24) is 15.5 Å². The second-order valence-electron chi connectivity index (χ2n) is 11.9. The van der Waals surface area contributed by atoms with Crippen LogP contribution in [0.5, 0.6) is 0 Å². The Morgan fingerprint density at radius 2 is 1.65 bits per heavy atom. The van der Waals surface area contributed by atoms with E-state index in [2.05, 4.69) is 24.5 Å². The van der Waals surface area contributed by atoms with E-state index in [1.165, 1.54) is 0 Å². The molecule has 0 fully saturated rings. The molecule has 3 atom stereocenters. The van der Waals surface area contributed by atoms with Crippen LogP contribution >= 0.6 is 11.8 Å². The highest BCUT2D eigenvalue weighted by Gasteiger charge is 2.37. The van der Waals surface area contributed by atoms with Crippen molar-refractivity contribution in [2.75, 3.05) is 18.6 Å². The number of unbranched alkanes of at least 4 members (excludes halogenated alkanes) is 4. The van der Waals surface area contributed by atoms with Crippen LogP contribution in [0.25, 0.3) is 0 Å². The van der Waals surface area contributed by atoms with Crippen LogP contribution in [0.4, 0.5) is 4.79 Å².